The van der Waals surface area contributed by atoms with Crippen LogP contribution in [0.4, 0.5) is 14.9 Å². The molecule has 1 amide bonds. The summed E-state index contributed by atoms with van der Waals surface area (Å²) in [6.07, 6.45) is -0.793. The molecule has 12 heteroatoms. The van der Waals surface area contributed by atoms with E-state index in [-0.39, 0.29) is 62.5 Å². The highest BCUT2D eigenvalue weighted by Crippen LogP contribution is 2.35. The first-order chi connectivity index (χ1) is 17.8. The van der Waals surface area contributed by atoms with Crippen LogP contribution in [0, 0.1) is 11.2 Å². The Hall–Kier alpha value is -3.90. The number of ether oxygens (including phenoxy) is 5. The number of rotatable bonds is 14. The maximum Gasteiger partial charge on any atom is 0.412 e. The number of aliphatic hydroxyl groups excluding tert-OH is 1. The number of halogens is 1. The molecule has 0 fully saturated rings. The SMILES string of the molecule is CCOC(=O)C(Nc1ccc(C(=N)NC(=O)OCCOC)cc1)c1cc(OCC)c(OCCO)cc1F. The molecule has 0 saturated heterocycles. The van der Waals surface area contributed by atoms with E-state index < -0.39 is 23.9 Å². The standard InChI is InChI=1S/C25H32FN3O8/c1-4-34-20-14-18(19(26)15-21(20)36-11-10-30)22(24(31)35-5-2)28-17-8-6-16(7-9-17)23(27)29-25(32)37-13-12-33-3/h6-9,14-15,22,28,30H,4-5,10-13H2,1-3H3,(H2,27,29,32). The van der Waals surface area contributed by atoms with Crippen molar-refractivity contribution >= 4 is 23.6 Å². The van der Waals surface area contributed by atoms with Crippen LogP contribution in [0.25, 0.3) is 0 Å². The maximum atomic E-state index is 15.1. The molecule has 0 aliphatic carbocycles. The summed E-state index contributed by atoms with van der Waals surface area (Å²) < 4.78 is 40.8. The first kappa shape index (κ1) is 29.3. The van der Waals surface area contributed by atoms with Crippen molar-refractivity contribution in [2.24, 2.45) is 0 Å². The number of anilines is 1. The van der Waals surface area contributed by atoms with Gasteiger partial charge in [0.2, 0.25) is 0 Å². The molecular formula is C25H32FN3O8. The Labute approximate surface area is 214 Å². The number of hydrogen-bond donors (Lipinski definition) is 4. The molecule has 1 unspecified atom stereocenters. The van der Waals surface area contributed by atoms with Gasteiger partial charge in [-0.3, -0.25) is 10.7 Å². The van der Waals surface area contributed by atoms with Crippen molar-refractivity contribution < 1.29 is 42.8 Å². The highest BCUT2D eigenvalue weighted by Gasteiger charge is 2.27. The second-order valence-electron chi connectivity index (χ2n) is 7.36. The van der Waals surface area contributed by atoms with Gasteiger partial charge in [0.1, 0.15) is 24.9 Å². The molecule has 2 aromatic carbocycles. The Kier molecular flexibility index (Phi) is 12.1. The van der Waals surface area contributed by atoms with Crippen LogP contribution in [0.1, 0.15) is 31.0 Å². The van der Waals surface area contributed by atoms with E-state index in [0.717, 1.165) is 6.07 Å². The Balaban J connectivity index is 2.25. The fraction of sp³-hybridized carbons (Fsp3) is 0.400. The third kappa shape index (κ3) is 8.92. The van der Waals surface area contributed by atoms with E-state index in [4.69, 9.17) is 34.2 Å². The van der Waals surface area contributed by atoms with Crippen molar-refractivity contribution in [1.29, 1.82) is 5.41 Å². The lowest BCUT2D eigenvalue weighted by molar-refractivity contribution is -0.144. The van der Waals surface area contributed by atoms with Crippen LogP contribution in [0.15, 0.2) is 36.4 Å². The van der Waals surface area contributed by atoms with Crippen LogP contribution in [-0.2, 0) is 19.0 Å². The lowest BCUT2D eigenvalue weighted by Crippen LogP contribution is -2.31. The summed E-state index contributed by atoms with van der Waals surface area (Å²) in [5, 5.41) is 22.3. The number of carbonyl (C=O) groups excluding carboxylic acids is 2. The molecule has 0 bridgehead atoms. The molecule has 0 saturated carbocycles. The Morgan fingerprint density at radius 3 is 2.32 bits per heavy atom. The van der Waals surface area contributed by atoms with Crippen LogP contribution in [0.3, 0.4) is 0 Å². The maximum absolute atomic E-state index is 15.1. The fourth-order valence-electron chi connectivity index (χ4n) is 3.13. The van der Waals surface area contributed by atoms with Gasteiger partial charge in [-0.15, -0.1) is 0 Å². The number of benzene rings is 2. The van der Waals surface area contributed by atoms with Gasteiger partial charge >= 0.3 is 12.1 Å². The van der Waals surface area contributed by atoms with Gasteiger partial charge in [0.25, 0.3) is 0 Å². The second kappa shape index (κ2) is 15.3. The lowest BCUT2D eigenvalue weighted by Gasteiger charge is -2.21. The fourth-order valence-corrected chi connectivity index (χ4v) is 3.13. The summed E-state index contributed by atoms with van der Waals surface area (Å²) in [5.41, 5.74) is 0.767. The van der Waals surface area contributed by atoms with Gasteiger partial charge in [0, 0.05) is 30.0 Å². The first-order valence-electron chi connectivity index (χ1n) is 11.6. The van der Waals surface area contributed by atoms with Gasteiger partial charge in [0.05, 0.1) is 26.4 Å². The number of alkyl carbamates (subject to hydrolysis) is 1. The molecule has 202 valence electrons. The molecule has 0 heterocycles. The molecule has 2 rings (SSSR count). The third-order valence-electron chi connectivity index (χ3n) is 4.78. The van der Waals surface area contributed by atoms with E-state index in [1.54, 1.807) is 26.0 Å². The van der Waals surface area contributed by atoms with Crippen LogP contribution in [-0.4, -0.2) is 69.8 Å². The molecule has 37 heavy (non-hydrogen) atoms. The smallest absolute Gasteiger partial charge is 0.412 e. The minimum atomic E-state index is -1.23. The Bertz CT molecular complexity index is 1050. The highest BCUT2D eigenvalue weighted by atomic mass is 19.1. The number of methoxy groups -OCH3 is 1. The molecule has 0 aliphatic rings. The normalized spacial score (nSPS) is 11.3. The number of esters is 1. The average Bonchev–Trinajstić information content (AvgIpc) is 2.88. The Morgan fingerprint density at radius 1 is 1.00 bits per heavy atom. The summed E-state index contributed by atoms with van der Waals surface area (Å²) in [6, 6.07) is 7.41. The van der Waals surface area contributed by atoms with Gasteiger partial charge in [-0.05, 0) is 44.2 Å². The van der Waals surface area contributed by atoms with E-state index in [9.17, 15) is 9.59 Å². The lowest BCUT2D eigenvalue weighted by atomic mass is 10.0. The molecule has 4 N–H and O–H groups in total. The number of amidine groups is 1. The van der Waals surface area contributed by atoms with E-state index in [0.29, 0.717) is 11.3 Å². The van der Waals surface area contributed by atoms with Gasteiger partial charge in [-0.25, -0.2) is 14.0 Å². The van der Waals surface area contributed by atoms with Gasteiger partial charge < -0.3 is 34.1 Å². The van der Waals surface area contributed by atoms with Crippen molar-refractivity contribution in [2.75, 3.05) is 52.1 Å². The second-order valence-corrected chi connectivity index (χ2v) is 7.36. The molecule has 0 aliphatic heterocycles. The number of aliphatic hydroxyl groups is 1. The van der Waals surface area contributed by atoms with Gasteiger partial charge in [0.15, 0.2) is 17.5 Å². The predicted octanol–water partition coefficient (Wildman–Crippen LogP) is 3.01. The molecule has 0 spiro atoms. The summed E-state index contributed by atoms with van der Waals surface area (Å²) in [4.78, 5) is 24.5. The minimum Gasteiger partial charge on any atom is -0.490 e. The zero-order chi connectivity index (χ0) is 27.2. The molecule has 11 nitrogen and oxygen atoms in total. The van der Waals surface area contributed by atoms with Gasteiger partial charge in [-0.1, -0.05) is 0 Å². The van der Waals surface area contributed by atoms with Crippen molar-refractivity contribution in [1.82, 2.24) is 5.32 Å². The van der Waals surface area contributed by atoms with Crippen LogP contribution >= 0.6 is 0 Å². The van der Waals surface area contributed by atoms with Crippen molar-refractivity contribution in [3.63, 3.8) is 0 Å². The molecule has 0 aromatic heterocycles. The number of nitrogens with one attached hydrogen (secondary N) is 3. The zero-order valence-corrected chi connectivity index (χ0v) is 21.0. The predicted molar refractivity (Wildman–Crippen MR) is 133 cm³/mol. The van der Waals surface area contributed by atoms with E-state index in [2.05, 4.69) is 10.6 Å². The molecule has 1 atom stereocenters. The largest absolute Gasteiger partial charge is 0.490 e. The van der Waals surface area contributed by atoms with Crippen molar-refractivity contribution in [3.8, 4) is 11.5 Å². The number of carbonyl (C=O) groups is 2. The molecule has 2 aromatic rings. The summed E-state index contributed by atoms with van der Waals surface area (Å²) in [5.74, 6) is -1.35. The monoisotopic (exact) mass is 521 g/mol. The topological polar surface area (TPSA) is 148 Å². The van der Waals surface area contributed by atoms with E-state index in [1.807, 2.05) is 0 Å². The van der Waals surface area contributed by atoms with Crippen molar-refractivity contribution in [3.05, 3.63) is 53.3 Å². The van der Waals surface area contributed by atoms with Crippen LogP contribution in [0.5, 0.6) is 11.5 Å². The average molecular weight is 522 g/mol. The zero-order valence-electron chi connectivity index (χ0n) is 21.0. The van der Waals surface area contributed by atoms with Crippen molar-refractivity contribution in [2.45, 2.75) is 19.9 Å². The summed E-state index contributed by atoms with van der Waals surface area (Å²) in [7, 11) is 1.47. The first-order valence-corrected chi connectivity index (χ1v) is 11.6. The number of hydrogen-bond acceptors (Lipinski definition) is 10. The quantitative estimate of drug-likeness (QED) is 0.127. The Morgan fingerprint density at radius 2 is 1.70 bits per heavy atom. The summed E-state index contributed by atoms with van der Waals surface area (Å²) in [6.45, 7) is 3.68. The minimum absolute atomic E-state index is 0.0319. The third-order valence-corrected chi connectivity index (χ3v) is 4.78. The highest BCUT2D eigenvalue weighted by molar-refractivity contribution is 6.04. The van der Waals surface area contributed by atoms with Crippen LogP contribution < -0.4 is 20.1 Å². The molecular weight excluding hydrogens is 489 g/mol. The summed E-state index contributed by atoms with van der Waals surface area (Å²) >= 11 is 0. The number of amides is 1. The van der Waals surface area contributed by atoms with Gasteiger partial charge in [-0.2, -0.15) is 0 Å². The van der Waals surface area contributed by atoms with E-state index in [1.165, 1.54) is 25.3 Å². The van der Waals surface area contributed by atoms with Crippen LogP contribution in [0.2, 0.25) is 0 Å². The van der Waals surface area contributed by atoms with E-state index >= 15 is 4.39 Å². The molecule has 0 radical (unpaired) electrons.